The Morgan fingerprint density at radius 2 is 2.05 bits per heavy atom. The SMILES string of the molecule is COC(=O)CCCS(=O)(=O)NC(CN)C1CCCC1. The van der Waals surface area contributed by atoms with Crippen LogP contribution in [0.4, 0.5) is 0 Å². The fourth-order valence-corrected chi connectivity index (χ4v) is 3.89. The Kier molecular flexibility index (Phi) is 6.74. The van der Waals surface area contributed by atoms with Crippen LogP contribution < -0.4 is 10.5 Å². The predicted octanol–water partition coefficient (Wildman–Crippen LogP) is 0.377. The van der Waals surface area contributed by atoms with Gasteiger partial charge >= 0.3 is 5.97 Å². The standard InChI is InChI=1S/C12H24N2O4S/c1-18-12(15)7-4-8-19(16,17)14-11(9-13)10-5-2-3-6-10/h10-11,14H,2-9,13H2,1H3. The first-order valence-electron chi connectivity index (χ1n) is 6.75. The minimum Gasteiger partial charge on any atom is -0.469 e. The molecule has 1 fully saturated rings. The van der Waals surface area contributed by atoms with Crippen LogP contribution in [-0.4, -0.2) is 39.8 Å². The van der Waals surface area contributed by atoms with Gasteiger partial charge in [-0.3, -0.25) is 4.79 Å². The van der Waals surface area contributed by atoms with Gasteiger partial charge in [-0.1, -0.05) is 12.8 Å². The van der Waals surface area contributed by atoms with Crippen molar-refractivity contribution in [1.29, 1.82) is 0 Å². The second kappa shape index (κ2) is 7.81. The van der Waals surface area contributed by atoms with Gasteiger partial charge in [0.1, 0.15) is 0 Å². The number of hydrogen-bond donors (Lipinski definition) is 2. The number of ether oxygens (including phenoxy) is 1. The molecule has 3 N–H and O–H groups in total. The summed E-state index contributed by atoms with van der Waals surface area (Å²) in [6.45, 7) is 0.320. The van der Waals surface area contributed by atoms with Crippen molar-refractivity contribution < 1.29 is 17.9 Å². The molecular weight excluding hydrogens is 268 g/mol. The molecule has 0 radical (unpaired) electrons. The molecule has 1 unspecified atom stereocenters. The normalized spacial score (nSPS) is 18.4. The molecule has 0 aliphatic heterocycles. The van der Waals surface area contributed by atoms with Crippen LogP contribution in [0.25, 0.3) is 0 Å². The molecule has 1 rings (SSSR count). The van der Waals surface area contributed by atoms with E-state index in [4.69, 9.17) is 5.73 Å². The van der Waals surface area contributed by atoms with Crippen LogP contribution in [0.3, 0.4) is 0 Å². The highest BCUT2D eigenvalue weighted by Gasteiger charge is 2.27. The summed E-state index contributed by atoms with van der Waals surface area (Å²) in [6.07, 6.45) is 4.74. The van der Waals surface area contributed by atoms with Gasteiger partial charge in [0.2, 0.25) is 10.0 Å². The molecule has 0 saturated heterocycles. The van der Waals surface area contributed by atoms with E-state index in [0.29, 0.717) is 12.5 Å². The van der Waals surface area contributed by atoms with E-state index in [2.05, 4.69) is 9.46 Å². The van der Waals surface area contributed by atoms with Crippen molar-refractivity contribution in [2.24, 2.45) is 11.7 Å². The molecule has 112 valence electrons. The third-order valence-corrected chi connectivity index (χ3v) is 5.06. The van der Waals surface area contributed by atoms with Crippen LogP contribution in [0.2, 0.25) is 0 Å². The Labute approximate surface area is 115 Å². The first kappa shape index (κ1) is 16.4. The molecule has 1 atom stereocenters. The van der Waals surface area contributed by atoms with Gasteiger partial charge in [-0.25, -0.2) is 13.1 Å². The van der Waals surface area contributed by atoms with Gasteiger partial charge in [-0.05, 0) is 25.2 Å². The van der Waals surface area contributed by atoms with Gasteiger partial charge in [-0.15, -0.1) is 0 Å². The second-order valence-corrected chi connectivity index (χ2v) is 6.88. The molecule has 1 aliphatic carbocycles. The van der Waals surface area contributed by atoms with Crippen molar-refractivity contribution >= 4 is 16.0 Å². The second-order valence-electron chi connectivity index (χ2n) is 5.00. The molecule has 0 bridgehead atoms. The molecule has 0 heterocycles. The number of carbonyl (C=O) groups excluding carboxylic acids is 1. The smallest absolute Gasteiger partial charge is 0.305 e. The van der Waals surface area contributed by atoms with Crippen LogP contribution in [0.1, 0.15) is 38.5 Å². The highest BCUT2D eigenvalue weighted by Crippen LogP contribution is 2.27. The number of nitrogens with one attached hydrogen (secondary N) is 1. The largest absolute Gasteiger partial charge is 0.469 e. The molecule has 1 saturated carbocycles. The van der Waals surface area contributed by atoms with Gasteiger partial charge in [-0.2, -0.15) is 0 Å². The van der Waals surface area contributed by atoms with Gasteiger partial charge in [0.25, 0.3) is 0 Å². The fraction of sp³-hybridized carbons (Fsp3) is 0.917. The predicted molar refractivity (Wildman–Crippen MR) is 73.0 cm³/mol. The number of esters is 1. The third kappa shape index (κ3) is 5.88. The topological polar surface area (TPSA) is 98.5 Å². The summed E-state index contributed by atoms with van der Waals surface area (Å²) in [5.41, 5.74) is 5.66. The number of methoxy groups -OCH3 is 1. The number of nitrogens with two attached hydrogens (primary N) is 1. The van der Waals surface area contributed by atoms with E-state index in [1.807, 2.05) is 0 Å². The highest BCUT2D eigenvalue weighted by atomic mass is 32.2. The quantitative estimate of drug-likeness (QED) is 0.630. The summed E-state index contributed by atoms with van der Waals surface area (Å²) >= 11 is 0. The van der Waals surface area contributed by atoms with Crippen LogP contribution in [0.5, 0.6) is 0 Å². The minimum atomic E-state index is -3.37. The van der Waals surface area contributed by atoms with Crippen molar-refractivity contribution in [1.82, 2.24) is 4.72 Å². The molecule has 19 heavy (non-hydrogen) atoms. The Morgan fingerprint density at radius 1 is 1.42 bits per heavy atom. The Bertz CT molecular complexity index is 377. The van der Waals surface area contributed by atoms with E-state index in [-0.39, 0.29) is 30.6 Å². The van der Waals surface area contributed by atoms with E-state index in [1.165, 1.54) is 7.11 Å². The van der Waals surface area contributed by atoms with E-state index >= 15 is 0 Å². The maximum absolute atomic E-state index is 11.9. The Hall–Kier alpha value is -0.660. The monoisotopic (exact) mass is 292 g/mol. The van der Waals surface area contributed by atoms with Crippen LogP contribution >= 0.6 is 0 Å². The summed E-state index contributed by atoms with van der Waals surface area (Å²) in [7, 11) is -2.08. The lowest BCUT2D eigenvalue weighted by Gasteiger charge is -2.22. The van der Waals surface area contributed by atoms with Gasteiger partial charge in [0.05, 0.1) is 12.9 Å². The first-order valence-corrected chi connectivity index (χ1v) is 8.40. The van der Waals surface area contributed by atoms with Crippen LogP contribution in [0, 0.1) is 5.92 Å². The fourth-order valence-electron chi connectivity index (χ4n) is 2.49. The Morgan fingerprint density at radius 3 is 2.58 bits per heavy atom. The summed E-state index contributed by atoms with van der Waals surface area (Å²) < 4.78 is 31.0. The molecule has 1 aliphatic rings. The maximum atomic E-state index is 11.9. The zero-order chi connectivity index (χ0) is 14.3. The lowest BCUT2D eigenvalue weighted by molar-refractivity contribution is -0.140. The van der Waals surface area contributed by atoms with E-state index < -0.39 is 10.0 Å². The minimum absolute atomic E-state index is 0.0642. The van der Waals surface area contributed by atoms with Gasteiger partial charge < -0.3 is 10.5 Å². The number of carbonyl (C=O) groups is 1. The van der Waals surface area contributed by atoms with Crippen LogP contribution in [0.15, 0.2) is 0 Å². The summed E-state index contributed by atoms with van der Waals surface area (Å²) in [4.78, 5) is 10.9. The molecule has 0 spiro atoms. The molecular formula is C12H24N2O4S. The number of sulfonamides is 1. The van der Waals surface area contributed by atoms with Crippen molar-refractivity contribution in [3.05, 3.63) is 0 Å². The summed E-state index contributed by atoms with van der Waals surface area (Å²) in [6, 6.07) is -0.175. The third-order valence-electron chi connectivity index (χ3n) is 3.58. The van der Waals surface area contributed by atoms with E-state index in [9.17, 15) is 13.2 Å². The van der Waals surface area contributed by atoms with E-state index in [0.717, 1.165) is 25.7 Å². The number of hydrogen-bond acceptors (Lipinski definition) is 5. The van der Waals surface area contributed by atoms with Crippen LogP contribution in [-0.2, 0) is 19.6 Å². The van der Waals surface area contributed by atoms with E-state index in [1.54, 1.807) is 0 Å². The number of rotatable bonds is 8. The zero-order valence-corrected chi connectivity index (χ0v) is 12.2. The van der Waals surface area contributed by atoms with Crippen molar-refractivity contribution in [3.63, 3.8) is 0 Å². The molecule has 7 heteroatoms. The molecule has 0 amide bonds. The molecule has 0 aromatic carbocycles. The van der Waals surface area contributed by atoms with Crippen molar-refractivity contribution in [2.45, 2.75) is 44.6 Å². The average Bonchev–Trinajstić information content (AvgIpc) is 2.89. The van der Waals surface area contributed by atoms with Crippen molar-refractivity contribution in [3.8, 4) is 0 Å². The average molecular weight is 292 g/mol. The highest BCUT2D eigenvalue weighted by molar-refractivity contribution is 7.89. The zero-order valence-electron chi connectivity index (χ0n) is 11.4. The summed E-state index contributed by atoms with van der Waals surface area (Å²) in [5, 5.41) is 0. The molecule has 0 aromatic rings. The first-order chi connectivity index (χ1) is 8.98. The lowest BCUT2D eigenvalue weighted by Crippen LogP contribution is -2.45. The Balaban J connectivity index is 2.41. The maximum Gasteiger partial charge on any atom is 0.305 e. The molecule has 0 aromatic heterocycles. The lowest BCUT2D eigenvalue weighted by atomic mass is 9.99. The van der Waals surface area contributed by atoms with Gasteiger partial charge in [0, 0.05) is 19.0 Å². The van der Waals surface area contributed by atoms with Crippen molar-refractivity contribution in [2.75, 3.05) is 19.4 Å². The molecule has 6 nitrogen and oxygen atoms in total. The summed E-state index contributed by atoms with van der Waals surface area (Å²) in [5.74, 6) is -0.104. The van der Waals surface area contributed by atoms with Gasteiger partial charge in [0.15, 0.2) is 0 Å².